The van der Waals surface area contributed by atoms with Crippen LogP contribution in [0, 0.1) is 0 Å². The van der Waals surface area contributed by atoms with Gasteiger partial charge in [-0.3, -0.25) is 4.68 Å². The Morgan fingerprint density at radius 1 is 1.41 bits per heavy atom. The molecule has 0 aliphatic rings. The lowest BCUT2D eigenvalue weighted by atomic mass is 10.2. The predicted molar refractivity (Wildman–Crippen MR) is 65.7 cm³/mol. The molecule has 0 spiro atoms. The fraction of sp³-hybridized carbons (Fsp3) is 0.385. The van der Waals surface area contributed by atoms with Gasteiger partial charge in [-0.05, 0) is 19.4 Å². The van der Waals surface area contributed by atoms with Crippen molar-refractivity contribution in [1.29, 1.82) is 0 Å². The molecule has 90 valence electrons. The lowest BCUT2D eigenvalue weighted by Crippen LogP contribution is -2.22. The van der Waals surface area contributed by atoms with Crippen molar-refractivity contribution in [1.82, 2.24) is 9.78 Å². The molecule has 0 saturated heterocycles. The van der Waals surface area contributed by atoms with Crippen LogP contribution in [0.3, 0.4) is 0 Å². The molecule has 0 aliphatic carbocycles. The summed E-state index contributed by atoms with van der Waals surface area (Å²) in [6.07, 6.45) is 2.45. The van der Waals surface area contributed by atoms with Crippen molar-refractivity contribution in [2.75, 3.05) is 6.61 Å². The molecule has 1 aromatic carbocycles. The average Bonchev–Trinajstić information content (AvgIpc) is 2.75. The lowest BCUT2D eigenvalue weighted by molar-refractivity contribution is -0.147. The minimum Gasteiger partial charge on any atom is -0.464 e. The SMILES string of the molecule is CCOC(=O)C(CC)n1ncc2ccccc21. The molecular weight excluding hydrogens is 216 g/mol. The summed E-state index contributed by atoms with van der Waals surface area (Å²) in [7, 11) is 0. The minimum absolute atomic E-state index is 0.219. The van der Waals surface area contributed by atoms with Gasteiger partial charge in [-0.1, -0.05) is 25.1 Å². The number of esters is 1. The molecule has 0 N–H and O–H groups in total. The number of fused-ring (bicyclic) bond motifs is 1. The second-order valence-electron chi connectivity index (χ2n) is 3.82. The first-order valence-corrected chi connectivity index (χ1v) is 5.86. The van der Waals surface area contributed by atoms with E-state index in [0.29, 0.717) is 13.0 Å². The van der Waals surface area contributed by atoms with Crippen LogP contribution >= 0.6 is 0 Å². The van der Waals surface area contributed by atoms with Crippen LogP contribution in [0.25, 0.3) is 10.9 Å². The minimum atomic E-state index is -0.338. The van der Waals surface area contributed by atoms with E-state index in [-0.39, 0.29) is 12.0 Å². The largest absolute Gasteiger partial charge is 0.464 e. The molecule has 0 aliphatic heterocycles. The summed E-state index contributed by atoms with van der Waals surface area (Å²) >= 11 is 0. The maximum Gasteiger partial charge on any atom is 0.330 e. The van der Waals surface area contributed by atoms with E-state index in [1.807, 2.05) is 38.1 Å². The number of benzene rings is 1. The Morgan fingerprint density at radius 3 is 2.88 bits per heavy atom. The zero-order chi connectivity index (χ0) is 12.3. The van der Waals surface area contributed by atoms with E-state index >= 15 is 0 Å². The van der Waals surface area contributed by atoms with Gasteiger partial charge in [0.1, 0.15) is 6.04 Å². The van der Waals surface area contributed by atoms with Gasteiger partial charge in [-0.2, -0.15) is 5.10 Å². The average molecular weight is 232 g/mol. The van der Waals surface area contributed by atoms with E-state index in [4.69, 9.17) is 4.74 Å². The summed E-state index contributed by atoms with van der Waals surface area (Å²) in [5, 5.41) is 5.32. The molecule has 4 heteroatoms. The van der Waals surface area contributed by atoms with Gasteiger partial charge < -0.3 is 4.74 Å². The van der Waals surface area contributed by atoms with Crippen LogP contribution in [-0.2, 0) is 9.53 Å². The summed E-state index contributed by atoms with van der Waals surface area (Å²) in [4.78, 5) is 11.8. The van der Waals surface area contributed by atoms with E-state index in [1.54, 1.807) is 10.9 Å². The molecule has 0 fully saturated rings. The molecule has 1 heterocycles. The normalized spacial score (nSPS) is 12.6. The zero-order valence-electron chi connectivity index (χ0n) is 10.1. The smallest absolute Gasteiger partial charge is 0.330 e. The third-order valence-corrected chi connectivity index (χ3v) is 2.75. The van der Waals surface area contributed by atoms with Crippen LogP contribution in [-0.4, -0.2) is 22.4 Å². The van der Waals surface area contributed by atoms with Crippen molar-refractivity contribution in [2.24, 2.45) is 0 Å². The summed E-state index contributed by atoms with van der Waals surface area (Å²) in [5.74, 6) is -0.219. The summed E-state index contributed by atoms with van der Waals surface area (Å²) in [5.41, 5.74) is 0.965. The molecule has 0 bridgehead atoms. The van der Waals surface area contributed by atoms with Gasteiger partial charge >= 0.3 is 5.97 Å². The number of aromatic nitrogens is 2. The van der Waals surface area contributed by atoms with Crippen molar-refractivity contribution < 1.29 is 9.53 Å². The van der Waals surface area contributed by atoms with Gasteiger partial charge in [-0.25, -0.2) is 4.79 Å². The summed E-state index contributed by atoms with van der Waals surface area (Å²) in [6.45, 7) is 4.17. The highest BCUT2D eigenvalue weighted by Gasteiger charge is 2.21. The highest BCUT2D eigenvalue weighted by atomic mass is 16.5. The number of hydrogen-bond donors (Lipinski definition) is 0. The van der Waals surface area contributed by atoms with E-state index < -0.39 is 0 Å². The van der Waals surface area contributed by atoms with Gasteiger partial charge in [0, 0.05) is 5.39 Å². The van der Waals surface area contributed by atoms with Crippen molar-refractivity contribution >= 4 is 16.9 Å². The van der Waals surface area contributed by atoms with Crippen LogP contribution in [0.1, 0.15) is 26.3 Å². The van der Waals surface area contributed by atoms with E-state index in [2.05, 4.69) is 5.10 Å². The third kappa shape index (κ3) is 2.16. The number of para-hydroxylation sites is 1. The molecular formula is C13H16N2O2. The van der Waals surface area contributed by atoms with E-state index in [9.17, 15) is 4.79 Å². The lowest BCUT2D eigenvalue weighted by Gasteiger charge is -2.15. The Balaban J connectivity index is 2.40. The maximum atomic E-state index is 11.8. The molecule has 17 heavy (non-hydrogen) atoms. The topological polar surface area (TPSA) is 44.1 Å². The first-order chi connectivity index (χ1) is 8.27. The standard InChI is InChI=1S/C13H16N2O2/c1-3-11(13(16)17-4-2)15-12-8-6-5-7-10(12)9-14-15/h5-9,11H,3-4H2,1-2H3. The van der Waals surface area contributed by atoms with Crippen LogP contribution in [0.15, 0.2) is 30.5 Å². The van der Waals surface area contributed by atoms with Crippen LogP contribution in [0.2, 0.25) is 0 Å². The Hall–Kier alpha value is -1.84. The number of ether oxygens (including phenoxy) is 1. The second kappa shape index (κ2) is 4.99. The molecule has 1 atom stereocenters. The van der Waals surface area contributed by atoms with Crippen molar-refractivity contribution in [2.45, 2.75) is 26.3 Å². The fourth-order valence-corrected chi connectivity index (χ4v) is 1.92. The number of hydrogen-bond acceptors (Lipinski definition) is 3. The predicted octanol–water partition coefficient (Wildman–Crippen LogP) is 2.55. The Kier molecular flexibility index (Phi) is 3.42. The monoisotopic (exact) mass is 232 g/mol. The number of carbonyl (C=O) groups excluding carboxylic acids is 1. The first-order valence-electron chi connectivity index (χ1n) is 5.86. The third-order valence-electron chi connectivity index (χ3n) is 2.75. The number of nitrogens with zero attached hydrogens (tertiary/aromatic N) is 2. The molecule has 1 unspecified atom stereocenters. The Labute approximate surface area is 100 Å². The van der Waals surface area contributed by atoms with Gasteiger partial charge in [-0.15, -0.1) is 0 Å². The summed E-state index contributed by atoms with van der Waals surface area (Å²) < 4.78 is 6.81. The first kappa shape index (κ1) is 11.6. The van der Waals surface area contributed by atoms with Crippen molar-refractivity contribution in [3.05, 3.63) is 30.5 Å². The quantitative estimate of drug-likeness (QED) is 0.761. The van der Waals surface area contributed by atoms with E-state index in [0.717, 1.165) is 10.9 Å². The molecule has 4 nitrogen and oxygen atoms in total. The van der Waals surface area contributed by atoms with Crippen LogP contribution in [0.4, 0.5) is 0 Å². The molecule has 2 rings (SSSR count). The maximum absolute atomic E-state index is 11.8. The number of rotatable bonds is 4. The molecule has 1 aromatic heterocycles. The van der Waals surface area contributed by atoms with Gasteiger partial charge in [0.15, 0.2) is 0 Å². The van der Waals surface area contributed by atoms with Crippen LogP contribution in [0.5, 0.6) is 0 Å². The van der Waals surface area contributed by atoms with Gasteiger partial charge in [0.25, 0.3) is 0 Å². The molecule has 0 radical (unpaired) electrons. The Morgan fingerprint density at radius 2 is 2.18 bits per heavy atom. The second-order valence-corrected chi connectivity index (χ2v) is 3.82. The Bertz CT molecular complexity index is 519. The van der Waals surface area contributed by atoms with E-state index in [1.165, 1.54) is 0 Å². The van der Waals surface area contributed by atoms with Gasteiger partial charge in [0.2, 0.25) is 0 Å². The van der Waals surface area contributed by atoms with Crippen LogP contribution < -0.4 is 0 Å². The van der Waals surface area contributed by atoms with Gasteiger partial charge in [0.05, 0.1) is 18.3 Å². The molecule has 2 aromatic rings. The highest BCUT2D eigenvalue weighted by molar-refractivity contribution is 5.82. The fourth-order valence-electron chi connectivity index (χ4n) is 1.92. The number of carbonyl (C=O) groups is 1. The van der Waals surface area contributed by atoms with Crippen molar-refractivity contribution in [3.8, 4) is 0 Å². The highest BCUT2D eigenvalue weighted by Crippen LogP contribution is 2.20. The van der Waals surface area contributed by atoms with Crippen molar-refractivity contribution in [3.63, 3.8) is 0 Å². The zero-order valence-corrected chi connectivity index (χ0v) is 10.1. The molecule has 0 amide bonds. The summed E-state index contributed by atoms with van der Waals surface area (Å²) in [6, 6.07) is 7.51. The molecule has 0 saturated carbocycles.